The van der Waals surface area contributed by atoms with Crippen molar-refractivity contribution >= 4 is 51.7 Å². The van der Waals surface area contributed by atoms with Gasteiger partial charge >= 0.3 is 0 Å². The number of halogens is 1. The molecular weight excluding hydrogens is 414 g/mol. The van der Waals surface area contributed by atoms with Gasteiger partial charge in [-0.05, 0) is 50.2 Å². The zero-order chi connectivity index (χ0) is 20.3. The number of thiocarbonyl (C=S) groups is 1. The third-order valence-electron chi connectivity index (χ3n) is 4.48. The number of hydrogen-bond acceptors (Lipinski definition) is 5. The van der Waals surface area contributed by atoms with Crippen molar-refractivity contribution in [3.63, 3.8) is 0 Å². The van der Waals surface area contributed by atoms with Crippen LogP contribution in [0, 0.1) is 0 Å². The van der Waals surface area contributed by atoms with Crippen LogP contribution in [-0.4, -0.2) is 43.4 Å². The molecule has 2 aromatic rings. The second-order valence-electron chi connectivity index (χ2n) is 6.95. The Morgan fingerprint density at radius 3 is 2.64 bits per heavy atom. The van der Waals surface area contributed by atoms with Crippen molar-refractivity contribution in [2.75, 3.05) is 6.54 Å². The summed E-state index contributed by atoms with van der Waals surface area (Å²) in [6.45, 7) is 4.24. The topological polar surface area (TPSA) is 62.3 Å². The van der Waals surface area contributed by atoms with E-state index in [0.29, 0.717) is 27.9 Å². The minimum atomic E-state index is -0.698. The standard InChI is InChI=1S/C20H20ClN3O2S2/c1-20(2)16(23-17(25)13-6-8-14(21)9-7-13)18(26)24(19(27)28-20)12-10-15-5-3-4-11-22-15/h3-9,11,16H,10,12H2,1-2H3,(H,23,25). The molecule has 1 fully saturated rings. The fourth-order valence-corrected chi connectivity index (χ4v) is 4.88. The van der Waals surface area contributed by atoms with Crippen molar-refractivity contribution in [1.82, 2.24) is 15.2 Å². The van der Waals surface area contributed by atoms with Crippen molar-refractivity contribution < 1.29 is 9.59 Å². The summed E-state index contributed by atoms with van der Waals surface area (Å²) >= 11 is 12.8. The van der Waals surface area contributed by atoms with Crippen molar-refractivity contribution in [3.8, 4) is 0 Å². The molecule has 1 N–H and O–H groups in total. The molecule has 1 aliphatic heterocycles. The first-order valence-corrected chi connectivity index (χ1v) is 10.4. The van der Waals surface area contributed by atoms with E-state index in [1.165, 1.54) is 11.8 Å². The van der Waals surface area contributed by atoms with Crippen LogP contribution in [-0.2, 0) is 11.2 Å². The number of carbonyl (C=O) groups is 2. The van der Waals surface area contributed by atoms with Crippen LogP contribution in [0.5, 0.6) is 0 Å². The summed E-state index contributed by atoms with van der Waals surface area (Å²) < 4.78 is -0.0412. The van der Waals surface area contributed by atoms with Crippen LogP contribution in [0.25, 0.3) is 0 Å². The van der Waals surface area contributed by atoms with Gasteiger partial charge in [-0.25, -0.2) is 0 Å². The Balaban J connectivity index is 1.74. The molecule has 2 heterocycles. The summed E-state index contributed by atoms with van der Waals surface area (Å²) in [5.74, 6) is -0.520. The van der Waals surface area contributed by atoms with Crippen molar-refractivity contribution in [2.24, 2.45) is 0 Å². The average molecular weight is 434 g/mol. The molecule has 5 nitrogen and oxygen atoms in total. The van der Waals surface area contributed by atoms with E-state index in [4.69, 9.17) is 23.8 Å². The summed E-state index contributed by atoms with van der Waals surface area (Å²) in [6.07, 6.45) is 2.31. The van der Waals surface area contributed by atoms with Gasteiger partial charge in [-0.15, -0.1) is 0 Å². The first-order valence-electron chi connectivity index (χ1n) is 8.78. The lowest BCUT2D eigenvalue weighted by Crippen LogP contribution is -2.62. The first-order chi connectivity index (χ1) is 13.3. The van der Waals surface area contributed by atoms with E-state index in [0.717, 1.165) is 5.69 Å². The van der Waals surface area contributed by atoms with Crippen LogP contribution >= 0.6 is 35.6 Å². The maximum absolute atomic E-state index is 13.2. The average Bonchev–Trinajstić information content (AvgIpc) is 2.65. The van der Waals surface area contributed by atoms with Crippen LogP contribution in [0.15, 0.2) is 48.7 Å². The highest BCUT2D eigenvalue weighted by atomic mass is 35.5. The van der Waals surface area contributed by atoms with E-state index in [9.17, 15) is 9.59 Å². The Hall–Kier alpha value is -1.96. The molecule has 28 heavy (non-hydrogen) atoms. The van der Waals surface area contributed by atoms with Gasteiger partial charge in [0, 0.05) is 40.2 Å². The van der Waals surface area contributed by atoms with E-state index in [1.807, 2.05) is 32.0 Å². The highest BCUT2D eigenvalue weighted by molar-refractivity contribution is 8.24. The quantitative estimate of drug-likeness (QED) is 0.728. The van der Waals surface area contributed by atoms with Gasteiger partial charge < -0.3 is 5.32 Å². The van der Waals surface area contributed by atoms with E-state index in [-0.39, 0.29) is 11.8 Å². The minimum absolute atomic E-state index is 0.202. The van der Waals surface area contributed by atoms with Crippen LogP contribution in [0.3, 0.4) is 0 Å². The third-order valence-corrected chi connectivity index (χ3v) is 6.36. The molecule has 1 aliphatic rings. The van der Waals surface area contributed by atoms with E-state index >= 15 is 0 Å². The number of hydrogen-bond donors (Lipinski definition) is 1. The molecule has 1 saturated heterocycles. The molecule has 0 aliphatic carbocycles. The van der Waals surface area contributed by atoms with Gasteiger partial charge in [-0.3, -0.25) is 19.5 Å². The predicted octanol–water partition coefficient (Wildman–Crippen LogP) is 3.72. The third kappa shape index (κ3) is 4.71. The minimum Gasteiger partial charge on any atom is -0.339 e. The van der Waals surface area contributed by atoms with E-state index < -0.39 is 10.8 Å². The molecule has 0 radical (unpaired) electrons. The summed E-state index contributed by atoms with van der Waals surface area (Å²) in [5.41, 5.74) is 1.33. The van der Waals surface area contributed by atoms with Crippen LogP contribution in [0.4, 0.5) is 0 Å². The fraction of sp³-hybridized carbons (Fsp3) is 0.300. The smallest absolute Gasteiger partial charge is 0.252 e. The lowest BCUT2D eigenvalue weighted by Gasteiger charge is -2.42. The lowest BCUT2D eigenvalue weighted by molar-refractivity contribution is -0.130. The van der Waals surface area contributed by atoms with Gasteiger partial charge in [0.25, 0.3) is 11.8 Å². The molecule has 146 valence electrons. The van der Waals surface area contributed by atoms with Crippen LogP contribution in [0.1, 0.15) is 29.9 Å². The van der Waals surface area contributed by atoms with Gasteiger partial charge in [0.15, 0.2) is 0 Å². The number of nitrogens with one attached hydrogen (secondary N) is 1. The molecule has 2 amide bonds. The fourth-order valence-electron chi connectivity index (χ4n) is 2.91. The summed E-state index contributed by atoms with van der Waals surface area (Å²) in [5, 5.41) is 3.42. The van der Waals surface area contributed by atoms with Gasteiger partial charge in [0.2, 0.25) is 0 Å². The second-order valence-corrected chi connectivity index (χ2v) is 9.67. The first kappa shape index (κ1) is 20.8. The molecular formula is C20H20ClN3O2S2. The number of amides is 2. The van der Waals surface area contributed by atoms with Crippen molar-refractivity contribution in [2.45, 2.75) is 31.1 Å². The molecule has 1 unspecified atom stereocenters. The Kier molecular flexibility index (Phi) is 6.37. The largest absolute Gasteiger partial charge is 0.339 e. The van der Waals surface area contributed by atoms with Crippen molar-refractivity contribution in [3.05, 3.63) is 64.9 Å². The highest BCUT2D eigenvalue weighted by Crippen LogP contribution is 2.36. The van der Waals surface area contributed by atoms with Gasteiger partial charge in [0.05, 0.1) is 0 Å². The van der Waals surface area contributed by atoms with Gasteiger partial charge in [0.1, 0.15) is 10.4 Å². The molecule has 8 heteroatoms. The van der Waals surface area contributed by atoms with Crippen LogP contribution < -0.4 is 5.32 Å². The number of benzene rings is 1. The SMILES string of the molecule is CC1(C)SC(=S)N(CCc2ccccn2)C(=O)C1NC(=O)c1ccc(Cl)cc1. The molecule has 3 rings (SSSR count). The molecule has 1 aromatic heterocycles. The van der Waals surface area contributed by atoms with Gasteiger partial charge in [-0.1, -0.05) is 41.6 Å². The zero-order valence-electron chi connectivity index (χ0n) is 15.5. The monoisotopic (exact) mass is 433 g/mol. The van der Waals surface area contributed by atoms with E-state index in [1.54, 1.807) is 35.4 Å². The lowest BCUT2D eigenvalue weighted by atomic mass is 10.0. The Labute approximate surface area is 178 Å². The number of nitrogens with zero attached hydrogens (tertiary/aromatic N) is 2. The molecule has 0 bridgehead atoms. The summed E-state index contributed by atoms with van der Waals surface area (Å²) in [6, 6.07) is 11.5. The second kappa shape index (κ2) is 8.59. The number of pyridine rings is 1. The summed E-state index contributed by atoms with van der Waals surface area (Å²) in [4.78, 5) is 31.7. The number of aromatic nitrogens is 1. The Morgan fingerprint density at radius 2 is 2.00 bits per heavy atom. The molecule has 0 saturated carbocycles. The van der Waals surface area contributed by atoms with Gasteiger partial charge in [-0.2, -0.15) is 0 Å². The Bertz CT molecular complexity index is 888. The molecule has 1 aromatic carbocycles. The normalized spacial score (nSPS) is 18.8. The molecule has 0 spiro atoms. The maximum atomic E-state index is 13.2. The molecule has 1 atom stereocenters. The highest BCUT2D eigenvalue weighted by Gasteiger charge is 2.46. The maximum Gasteiger partial charge on any atom is 0.252 e. The zero-order valence-corrected chi connectivity index (χ0v) is 17.9. The summed E-state index contributed by atoms with van der Waals surface area (Å²) in [7, 11) is 0. The number of thioether (sulfide) groups is 1. The Morgan fingerprint density at radius 1 is 1.29 bits per heavy atom. The van der Waals surface area contributed by atoms with Crippen LogP contribution in [0.2, 0.25) is 5.02 Å². The van der Waals surface area contributed by atoms with E-state index in [2.05, 4.69) is 10.3 Å². The number of rotatable bonds is 5. The number of carbonyl (C=O) groups excluding carboxylic acids is 2. The predicted molar refractivity (Wildman–Crippen MR) is 117 cm³/mol. The van der Waals surface area contributed by atoms with Crippen molar-refractivity contribution in [1.29, 1.82) is 0 Å².